The molecule has 3 rings (SSSR count). The van der Waals surface area contributed by atoms with Crippen LogP contribution in [-0.4, -0.2) is 42.1 Å². The van der Waals surface area contributed by atoms with Gasteiger partial charge in [-0.25, -0.2) is 9.97 Å². The summed E-state index contributed by atoms with van der Waals surface area (Å²) in [5.74, 6) is 0.946. The number of aryl methyl sites for hydroxylation is 2. The molecule has 3 heterocycles. The Morgan fingerprint density at radius 3 is 2.20 bits per heavy atom. The summed E-state index contributed by atoms with van der Waals surface area (Å²) in [5, 5.41) is 0. The molecule has 2 fully saturated rings. The number of rotatable bonds is 2. The van der Waals surface area contributed by atoms with Crippen LogP contribution in [0.2, 0.25) is 0 Å². The molecule has 0 saturated carbocycles. The third kappa shape index (κ3) is 2.65. The Morgan fingerprint density at radius 2 is 1.65 bits per heavy atom. The maximum atomic E-state index is 5.79. The molecule has 0 amide bonds. The van der Waals surface area contributed by atoms with E-state index in [-0.39, 0.29) is 5.79 Å². The zero-order chi connectivity index (χ0) is 14.2. The minimum atomic E-state index is -0.379. The van der Waals surface area contributed by atoms with Crippen LogP contribution in [0, 0.1) is 19.8 Å². The third-order valence-corrected chi connectivity index (χ3v) is 4.35. The second-order valence-corrected chi connectivity index (χ2v) is 5.92. The van der Waals surface area contributed by atoms with E-state index in [0.717, 1.165) is 56.5 Å². The molecule has 5 heteroatoms. The molecule has 0 aromatic carbocycles. The van der Waals surface area contributed by atoms with Gasteiger partial charge in [-0.05, 0) is 39.7 Å². The number of anilines is 1. The quantitative estimate of drug-likeness (QED) is 0.828. The zero-order valence-corrected chi connectivity index (χ0v) is 12.6. The summed E-state index contributed by atoms with van der Waals surface area (Å²) in [7, 11) is 0. The second-order valence-electron chi connectivity index (χ2n) is 5.92. The van der Waals surface area contributed by atoms with Gasteiger partial charge in [0.25, 0.3) is 0 Å². The van der Waals surface area contributed by atoms with Gasteiger partial charge in [0.2, 0.25) is 5.95 Å². The number of piperidine rings is 1. The molecule has 0 N–H and O–H groups in total. The van der Waals surface area contributed by atoms with E-state index in [9.17, 15) is 0 Å². The second kappa shape index (κ2) is 5.30. The van der Waals surface area contributed by atoms with E-state index in [1.54, 1.807) is 0 Å². The first kappa shape index (κ1) is 13.8. The van der Waals surface area contributed by atoms with E-state index in [0.29, 0.717) is 5.92 Å². The molecule has 2 saturated heterocycles. The summed E-state index contributed by atoms with van der Waals surface area (Å²) in [4.78, 5) is 11.4. The van der Waals surface area contributed by atoms with Crippen LogP contribution in [0.1, 0.15) is 31.2 Å². The highest BCUT2D eigenvalue weighted by Gasteiger charge is 2.41. The van der Waals surface area contributed by atoms with Crippen molar-refractivity contribution in [3.63, 3.8) is 0 Å². The first-order chi connectivity index (χ1) is 9.57. The van der Waals surface area contributed by atoms with Crippen molar-refractivity contribution in [3.05, 3.63) is 17.5 Å². The van der Waals surface area contributed by atoms with Gasteiger partial charge in [-0.15, -0.1) is 0 Å². The molecule has 110 valence electrons. The van der Waals surface area contributed by atoms with Crippen LogP contribution in [0.15, 0.2) is 6.07 Å². The molecule has 1 aromatic heterocycles. The molecule has 2 aliphatic rings. The van der Waals surface area contributed by atoms with Gasteiger partial charge in [-0.1, -0.05) is 0 Å². The van der Waals surface area contributed by atoms with E-state index < -0.39 is 0 Å². The maximum Gasteiger partial charge on any atom is 0.225 e. The molecule has 20 heavy (non-hydrogen) atoms. The van der Waals surface area contributed by atoms with Crippen LogP contribution in [-0.2, 0) is 9.47 Å². The normalized spacial score (nSPS) is 23.2. The fourth-order valence-corrected chi connectivity index (χ4v) is 3.22. The Kier molecular flexibility index (Phi) is 3.65. The van der Waals surface area contributed by atoms with Crippen molar-refractivity contribution in [1.82, 2.24) is 9.97 Å². The SMILES string of the molecule is Cc1cc(C)nc(N2CCC(C3(C)OCCO3)CC2)n1. The van der Waals surface area contributed by atoms with E-state index in [1.807, 2.05) is 19.9 Å². The number of aromatic nitrogens is 2. The average molecular weight is 277 g/mol. The number of hydrogen-bond acceptors (Lipinski definition) is 5. The van der Waals surface area contributed by atoms with Gasteiger partial charge >= 0.3 is 0 Å². The van der Waals surface area contributed by atoms with Crippen molar-refractivity contribution in [2.24, 2.45) is 5.92 Å². The predicted molar refractivity (Wildman–Crippen MR) is 76.8 cm³/mol. The minimum Gasteiger partial charge on any atom is -0.348 e. The lowest BCUT2D eigenvalue weighted by Gasteiger charge is -2.39. The molecule has 5 nitrogen and oxygen atoms in total. The molecule has 0 atom stereocenters. The van der Waals surface area contributed by atoms with Crippen molar-refractivity contribution in [3.8, 4) is 0 Å². The first-order valence-electron chi connectivity index (χ1n) is 7.42. The number of nitrogens with zero attached hydrogens (tertiary/aromatic N) is 3. The zero-order valence-electron chi connectivity index (χ0n) is 12.6. The summed E-state index contributed by atoms with van der Waals surface area (Å²) in [6.45, 7) is 9.49. The van der Waals surface area contributed by atoms with Crippen LogP contribution in [0.3, 0.4) is 0 Å². The third-order valence-electron chi connectivity index (χ3n) is 4.35. The van der Waals surface area contributed by atoms with Gasteiger partial charge in [0.05, 0.1) is 13.2 Å². The summed E-state index contributed by atoms with van der Waals surface area (Å²) < 4.78 is 11.6. The van der Waals surface area contributed by atoms with Crippen LogP contribution in [0.5, 0.6) is 0 Å². The van der Waals surface area contributed by atoms with E-state index in [1.165, 1.54) is 0 Å². The topological polar surface area (TPSA) is 47.5 Å². The lowest BCUT2D eigenvalue weighted by molar-refractivity contribution is -0.185. The fraction of sp³-hybridized carbons (Fsp3) is 0.733. The monoisotopic (exact) mass is 277 g/mol. The van der Waals surface area contributed by atoms with Gasteiger partial charge in [0.1, 0.15) is 0 Å². The highest BCUT2D eigenvalue weighted by atomic mass is 16.7. The van der Waals surface area contributed by atoms with E-state index >= 15 is 0 Å². The predicted octanol–water partition coefficient (Wildman–Crippen LogP) is 2.07. The summed E-state index contributed by atoms with van der Waals surface area (Å²) in [6.07, 6.45) is 2.12. The Morgan fingerprint density at radius 1 is 1.10 bits per heavy atom. The molecule has 0 bridgehead atoms. The molecule has 2 aliphatic heterocycles. The van der Waals surface area contributed by atoms with Crippen LogP contribution >= 0.6 is 0 Å². The highest BCUT2D eigenvalue weighted by Crippen LogP contribution is 2.35. The van der Waals surface area contributed by atoms with Crippen molar-refractivity contribution >= 4 is 5.95 Å². The number of hydrogen-bond donors (Lipinski definition) is 0. The number of ether oxygens (including phenoxy) is 2. The standard InChI is InChI=1S/C15H23N3O2/c1-11-10-12(2)17-14(16-11)18-6-4-13(5-7-18)15(3)19-8-9-20-15/h10,13H,4-9H2,1-3H3. The Labute approximate surface area is 120 Å². The van der Waals surface area contributed by atoms with Gasteiger partial charge in [-0.3, -0.25) is 0 Å². The van der Waals surface area contributed by atoms with Crippen molar-refractivity contribution in [2.45, 2.75) is 39.4 Å². The summed E-state index contributed by atoms with van der Waals surface area (Å²) in [5.41, 5.74) is 2.06. The van der Waals surface area contributed by atoms with Gasteiger partial charge in [0, 0.05) is 30.4 Å². The molecule has 1 aromatic rings. The van der Waals surface area contributed by atoms with Crippen molar-refractivity contribution in [1.29, 1.82) is 0 Å². The lowest BCUT2D eigenvalue weighted by atomic mass is 9.89. The van der Waals surface area contributed by atoms with E-state index in [4.69, 9.17) is 9.47 Å². The average Bonchev–Trinajstić information content (AvgIpc) is 2.86. The van der Waals surface area contributed by atoms with Crippen LogP contribution < -0.4 is 4.90 Å². The summed E-state index contributed by atoms with van der Waals surface area (Å²) in [6, 6.07) is 2.01. The van der Waals surface area contributed by atoms with Gasteiger partial charge in [-0.2, -0.15) is 0 Å². The molecule has 0 unspecified atom stereocenters. The van der Waals surface area contributed by atoms with Gasteiger partial charge in [0.15, 0.2) is 5.79 Å². The Bertz CT molecular complexity index is 458. The first-order valence-corrected chi connectivity index (χ1v) is 7.42. The Balaban J connectivity index is 1.66. The van der Waals surface area contributed by atoms with Crippen molar-refractivity contribution < 1.29 is 9.47 Å². The molecule has 0 spiro atoms. The fourth-order valence-electron chi connectivity index (χ4n) is 3.22. The maximum absolute atomic E-state index is 5.79. The molecular weight excluding hydrogens is 254 g/mol. The summed E-state index contributed by atoms with van der Waals surface area (Å²) >= 11 is 0. The highest BCUT2D eigenvalue weighted by molar-refractivity contribution is 5.32. The van der Waals surface area contributed by atoms with Crippen molar-refractivity contribution in [2.75, 3.05) is 31.2 Å². The molecular formula is C15H23N3O2. The lowest BCUT2D eigenvalue weighted by Crippen LogP contribution is -2.44. The van der Waals surface area contributed by atoms with Gasteiger partial charge < -0.3 is 14.4 Å². The molecule has 0 radical (unpaired) electrons. The Hall–Kier alpha value is -1.20. The smallest absolute Gasteiger partial charge is 0.225 e. The largest absolute Gasteiger partial charge is 0.348 e. The minimum absolute atomic E-state index is 0.379. The van der Waals surface area contributed by atoms with Crippen LogP contribution in [0.4, 0.5) is 5.95 Å². The van der Waals surface area contributed by atoms with Crippen LogP contribution in [0.25, 0.3) is 0 Å². The molecule has 0 aliphatic carbocycles. The van der Waals surface area contributed by atoms with E-state index in [2.05, 4.69) is 21.8 Å².